The predicted molar refractivity (Wildman–Crippen MR) is 73.7 cm³/mol. The van der Waals surface area contributed by atoms with Gasteiger partial charge in [0.15, 0.2) is 0 Å². The first-order valence-electron chi connectivity index (χ1n) is 5.61. The predicted octanol–water partition coefficient (Wildman–Crippen LogP) is 1.02. The lowest BCUT2D eigenvalue weighted by Crippen LogP contribution is -2.25. The number of nitro benzene ring substituents is 1. The Bertz CT molecular complexity index is 587. The largest absolute Gasteiger partial charge is 0.491 e. The lowest BCUT2D eigenvalue weighted by atomic mass is 10.2. The molecule has 9 heteroatoms. The minimum absolute atomic E-state index is 0.0487. The number of hydrogen-bond acceptors (Lipinski definition) is 6. The highest BCUT2D eigenvalue weighted by Gasteiger charge is 2.23. The van der Waals surface area contributed by atoms with Crippen molar-refractivity contribution < 1.29 is 22.8 Å². The first kappa shape index (κ1) is 16.2. The van der Waals surface area contributed by atoms with Crippen LogP contribution < -0.4 is 9.04 Å². The zero-order valence-corrected chi connectivity index (χ0v) is 12.2. The maximum atomic E-state index is 11.5. The van der Waals surface area contributed by atoms with E-state index in [1.807, 2.05) is 0 Å². The summed E-state index contributed by atoms with van der Waals surface area (Å²) in [6.07, 6.45) is 0.967. The fourth-order valence-corrected chi connectivity index (χ4v) is 1.92. The van der Waals surface area contributed by atoms with Gasteiger partial charge in [-0.05, 0) is 6.07 Å². The number of ether oxygens (including phenoxy) is 2. The number of hydrogen-bond donors (Lipinski definition) is 0. The van der Waals surface area contributed by atoms with Gasteiger partial charge in [-0.25, -0.2) is 8.42 Å². The number of rotatable bonds is 7. The third-order valence-electron chi connectivity index (χ3n) is 2.54. The molecule has 1 rings (SSSR count). The van der Waals surface area contributed by atoms with Gasteiger partial charge in [-0.2, -0.15) is 0 Å². The lowest BCUT2D eigenvalue weighted by molar-refractivity contribution is -0.384. The maximum Gasteiger partial charge on any atom is 0.293 e. The first-order chi connectivity index (χ1) is 9.27. The highest BCUT2D eigenvalue weighted by Crippen LogP contribution is 2.32. The highest BCUT2D eigenvalue weighted by molar-refractivity contribution is 7.92. The molecule has 8 nitrogen and oxygen atoms in total. The maximum absolute atomic E-state index is 11.5. The van der Waals surface area contributed by atoms with Gasteiger partial charge in [0.2, 0.25) is 10.0 Å². The van der Waals surface area contributed by atoms with Gasteiger partial charge in [-0.3, -0.25) is 14.4 Å². The quantitative estimate of drug-likeness (QED) is 0.423. The summed E-state index contributed by atoms with van der Waals surface area (Å²) in [5, 5.41) is 10.9. The summed E-state index contributed by atoms with van der Waals surface area (Å²) < 4.78 is 34.0. The average molecular weight is 304 g/mol. The van der Waals surface area contributed by atoms with Crippen LogP contribution in [0.25, 0.3) is 0 Å². The van der Waals surface area contributed by atoms with E-state index >= 15 is 0 Å². The summed E-state index contributed by atoms with van der Waals surface area (Å²) in [5.74, 6) is 0.332. The molecule has 0 heterocycles. The second-order valence-corrected chi connectivity index (χ2v) is 5.99. The summed E-state index contributed by atoms with van der Waals surface area (Å²) >= 11 is 0. The molecule has 0 aliphatic heterocycles. The number of sulfonamides is 1. The molecule has 0 N–H and O–H groups in total. The molecule has 0 radical (unpaired) electrons. The standard InChI is InChI=1S/C11H16N2O6S/c1-12(20(3,16)17)11-8-9(19-7-6-18-2)4-5-10(11)13(14)15/h4-5,8H,6-7H2,1-3H3. The summed E-state index contributed by atoms with van der Waals surface area (Å²) in [4.78, 5) is 10.3. The molecule has 0 aliphatic carbocycles. The highest BCUT2D eigenvalue weighted by atomic mass is 32.2. The topological polar surface area (TPSA) is 99.0 Å². The zero-order valence-electron chi connectivity index (χ0n) is 11.4. The van der Waals surface area contributed by atoms with Gasteiger partial charge in [0.1, 0.15) is 18.0 Å². The van der Waals surface area contributed by atoms with E-state index in [2.05, 4.69) is 0 Å². The second-order valence-electron chi connectivity index (χ2n) is 3.98. The van der Waals surface area contributed by atoms with Crippen LogP contribution in [0.15, 0.2) is 18.2 Å². The third kappa shape index (κ3) is 4.07. The Balaban J connectivity index is 3.16. The van der Waals surface area contributed by atoms with Crippen molar-refractivity contribution in [1.29, 1.82) is 0 Å². The Hall–Kier alpha value is -1.87. The number of anilines is 1. The van der Waals surface area contributed by atoms with Crippen LogP contribution in [0, 0.1) is 10.1 Å². The molecule has 0 amide bonds. The monoisotopic (exact) mass is 304 g/mol. The van der Waals surface area contributed by atoms with E-state index in [9.17, 15) is 18.5 Å². The van der Waals surface area contributed by atoms with E-state index in [0.717, 1.165) is 10.6 Å². The molecular formula is C11H16N2O6S. The molecule has 0 fully saturated rings. The van der Waals surface area contributed by atoms with Crippen LogP contribution in [0.3, 0.4) is 0 Å². The summed E-state index contributed by atoms with van der Waals surface area (Å²) in [6.45, 7) is 0.616. The van der Waals surface area contributed by atoms with E-state index in [1.165, 1.54) is 32.4 Å². The van der Waals surface area contributed by atoms with Crippen molar-refractivity contribution in [3.63, 3.8) is 0 Å². The third-order valence-corrected chi connectivity index (χ3v) is 3.73. The summed E-state index contributed by atoms with van der Waals surface area (Å²) in [7, 11) is -0.843. The van der Waals surface area contributed by atoms with Crippen molar-refractivity contribution in [2.45, 2.75) is 0 Å². The van der Waals surface area contributed by atoms with Gasteiger partial charge in [0.25, 0.3) is 5.69 Å². The van der Waals surface area contributed by atoms with Crippen molar-refractivity contribution >= 4 is 21.4 Å². The molecule has 1 aromatic rings. The Morgan fingerprint density at radius 1 is 1.35 bits per heavy atom. The number of nitrogens with zero attached hydrogens (tertiary/aromatic N) is 2. The SMILES string of the molecule is COCCOc1ccc([N+](=O)[O-])c(N(C)S(C)(=O)=O)c1. The van der Waals surface area contributed by atoms with Gasteiger partial charge in [-0.1, -0.05) is 0 Å². The van der Waals surface area contributed by atoms with Gasteiger partial charge in [-0.15, -0.1) is 0 Å². The van der Waals surface area contributed by atoms with E-state index in [-0.39, 0.29) is 18.0 Å². The minimum atomic E-state index is -3.61. The Kier molecular flexibility index (Phi) is 5.28. The number of benzene rings is 1. The lowest BCUT2D eigenvalue weighted by Gasteiger charge is -2.17. The van der Waals surface area contributed by atoms with Crippen LogP contribution in [0.2, 0.25) is 0 Å². The van der Waals surface area contributed by atoms with Crippen molar-refractivity contribution in [2.75, 3.05) is 37.9 Å². The normalized spacial score (nSPS) is 11.2. The van der Waals surface area contributed by atoms with Crippen molar-refractivity contribution in [2.24, 2.45) is 0 Å². The molecule has 0 spiro atoms. The molecule has 0 saturated carbocycles. The van der Waals surface area contributed by atoms with Crippen molar-refractivity contribution in [3.05, 3.63) is 28.3 Å². The Labute approximate surface area is 117 Å². The number of methoxy groups -OCH3 is 1. The molecule has 0 atom stereocenters. The van der Waals surface area contributed by atoms with Gasteiger partial charge in [0.05, 0.1) is 17.8 Å². The molecular weight excluding hydrogens is 288 g/mol. The van der Waals surface area contributed by atoms with Crippen LogP contribution in [0.5, 0.6) is 5.75 Å². The van der Waals surface area contributed by atoms with Gasteiger partial charge in [0, 0.05) is 26.3 Å². The van der Waals surface area contributed by atoms with Crippen LogP contribution in [0.4, 0.5) is 11.4 Å². The molecule has 20 heavy (non-hydrogen) atoms. The van der Waals surface area contributed by atoms with Gasteiger partial charge < -0.3 is 9.47 Å². The molecule has 0 unspecified atom stereocenters. The molecule has 0 aliphatic rings. The van der Waals surface area contributed by atoms with E-state index in [1.54, 1.807) is 0 Å². The van der Waals surface area contributed by atoms with Gasteiger partial charge >= 0.3 is 0 Å². The molecule has 0 bridgehead atoms. The Morgan fingerprint density at radius 2 is 2.00 bits per heavy atom. The fraction of sp³-hybridized carbons (Fsp3) is 0.455. The number of nitro groups is 1. The smallest absolute Gasteiger partial charge is 0.293 e. The van der Waals surface area contributed by atoms with Crippen molar-refractivity contribution in [3.8, 4) is 5.75 Å². The van der Waals surface area contributed by atoms with Crippen LogP contribution >= 0.6 is 0 Å². The summed E-state index contributed by atoms with van der Waals surface area (Å²) in [6, 6.07) is 3.93. The van der Waals surface area contributed by atoms with Crippen LogP contribution in [0.1, 0.15) is 0 Å². The molecule has 0 saturated heterocycles. The first-order valence-corrected chi connectivity index (χ1v) is 7.46. The van der Waals surface area contributed by atoms with E-state index in [0.29, 0.717) is 12.4 Å². The minimum Gasteiger partial charge on any atom is -0.491 e. The van der Waals surface area contributed by atoms with Crippen molar-refractivity contribution in [1.82, 2.24) is 0 Å². The second kappa shape index (κ2) is 6.53. The Morgan fingerprint density at radius 3 is 2.50 bits per heavy atom. The van der Waals surface area contributed by atoms with E-state index in [4.69, 9.17) is 9.47 Å². The molecule has 112 valence electrons. The van der Waals surface area contributed by atoms with Crippen LogP contribution in [-0.2, 0) is 14.8 Å². The average Bonchev–Trinajstić information content (AvgIpc) is 2.36. The van der Waals surface area contributed by atoms with E-state index < -0.39 is 14.9 Å². The zero-order chi connectivity index (χ0) is 15.3. The van der Waals surface area contributed by atoms with Crippen LogP contribution in [-0.4, -0.2) is 47.0 Å². The fourth-order valence-electron chi connectivity index (χ4n) is 1.42. The molecule has 0 aromatic heterocycles. The summed E-state index contributed by atoms with van der Waals surface area (Å²) in [5.41, 5.74) is -0.357. The molecule has 1 aromatic carbocycles.